The van der Waals surface area contributed by atoms with Gasteiger partial charge in [0.2, 0.25) is 0 Å². The minimum absolute atomic E-state index is 0.0401. The van der Waals surface area contributed by atoms with Gasteiger partial charge in [0.25, 0.3) is 0 Å². The zero-order chi connectivity index (χ0) is 11.7. The van der Waals surface area contributed by atoms with Gasteiger partial charge in [-0.2, -0.15) is 0 Å². The number of carboxylic acids is 1. The lowest BCUT2D eigenvalue weighted by Crippen LogP contribution is -2.33. The van der Waals surface area contributed by atoms with Gasteiger partial charge in [0.15, 0.2) is 0 Å². The fraction of sp³-hybridized carbons (Fsp3) is 0.300. The van der Waals surface area contributed by atoms with E-state index in [-0.39, 0.29) is 5.37 Å². The molecule has 0 spiro atoms. The summed E-state index contributed by atoms with van der Waals surface area (Å²) in [4.78, 5) is 10.8. The van der Waals surface area contributed by atoms with Gasteiger partial charge in [-0.05, 0) is 17.7 Å². The molecule has 16 heavy (non-hydrogen) atoms. The molecule has 2 N–H and O–H groups in total. The Balaban J connectivity index is 2.17. The number of nitrogens with one attached hydrogen (secondary N) is 1. The van der Waals surface area contributed by atoms with E-state index in [0.29, 0.717) is 10.8 Å². The summed E-state index contributed by atoms with van der Waals surface area (Å²) in [5, 5.41) is 12.5. The Labute approximate surface area is 111 Å². The molecule has 0 amide bonds. The van der Waals surface area contributed by atoms with Crippen LogP contribution in [0, 0.1) is 0 Å². The third-order valence-electron chi connectivity index (χ3n) is 2.33. The van der Waals surface area contributed by atoms with E-state index >= 15 is 0 Å². The number of halogens is 2. The Morgan fingerprint density at radius 3 is 2.94 bits per heavy atom. The molecule has 2 rings (SSSR count). The average molecular weight is 323 g/mol. The third-order valence-corrected chi connectivity index (χ3v) is 4.39. The van der Waals surface area contributed by atoms with Gasteiger partial charge in [0.05, 0.1) is 5.37 Å². The molecule has 0 aliphatic carbocycles. The van der Waals surface area contributed by atoms with Gasteiger partial charge in [0.1, 0.15) is 6.04 Å². The van der Waals surface area contributed by atoms with Crippen LogP contribution >= 0.6 is 39.3 Å². The molecule has 1 saturated heterocycles. The molecule has 1 aliphatic rings. The summed E-state index contributed by atoms with van der Waals surface area (Å²) in [5.41, 5.74) is 0.929. The van der Waals surface area contributed by atoms with Gasteiger partial charge in [-0.25, -0.2) is 0 Å². The summed E-state index contributed by atoms with van der Waals surface area (Å²) < 4.78 is 0.916. The van der Waals surface area contributed by atoms with Crippen molar-refractivity contribution in [2.45, 2.75) is 11.4 Å². The van der Waals surface area contributed by atoms with Crippen LogP contribution in [-0.4, -0.2) is 22.9 Å². The molecule has 1 heterocycles. The lowest BCUT2D eigenvalue weighted by Gasteiger charge is -2.13. The highest BCUT2D eigenvalue weighted by atomic mass is 79.9. The second-order valence-electron chi connectivity index (χ2n) is 3.44. The Morgan fingerprint density at radius 1 is 1.62 bits per heavy atom. The monoisotopic (exact) mass is 321 g/mol. The number of carboxylic acid groups (broad SMARTS) is 1. The van der Waals surface area contributed by atoms with E-state index in [1.54, 1.807) is 11.8 Å². The standard InChI is InChI=1S/C10H9BrClNO2S/c11-5-1-2-6(7(12)3-5)9-13-8(4-16-9)10(14)15/h1-3,8-9,13H,4H2,(H,14,15). The van der Waals surface area contributed by atoms with Gasteiger partial charge >= 0.3 is 5.97 Å². The molecular formula is C10H9BrClNO2S. The molecule has 2 unspecified atom stereocenters. The highest BCUT2D eigenvalue weighted by Crippen LogP contribution is 2.37. The van der Waals surface area contributed by atoms with Gasteiger partial charge in [0, 0.05) is 15.2 Å². The lowest BCUT2D eigenvalue weighted by atomic mass is 10.2. The lowest BCUT2D eigenvalue weighted by molar-refractivity contribution is -0.138. The number of rotatable bonds is 2. The normalized spacial score (nSPS) is 24.6. The molecule has 2 atom stereocenters. The van der Waals surface area contributed by atoms with Crippen molar-refractivity contribution >= 4 is 45.3 Å². The van der Waals surface area contributed by atoms with Crippen molar-refractivity contribution in [2.24, 2.45) is 0 Å². The van der Waals surface area contributed by atoms with Crippen LogP contribution < -0.4 is 5.32 Å². The number of hydrogen-bond acceptors (Lipinski definition) is 3. The SMILES string of the molecule is O=C(O)C1CSC(c2ccc(Br)cc2Cl)N1. The van der Waals surface area contributed by atoms with Crippen LogP contribution in [0.2, 0.25) is 5.02 Å². The highest BCUT2D eigenvalue weighted by Gasteiger charge is 2.31. The first-order chi connectivity index (χ1) is 7.58. The highest BCUT2D eigenvalue weighted by molar-refractivity contribution is 9.10. The minimum atomic E-state index is -0.816. The predicted octanol–water partition coefficient (Wildman–Crippen LogP) is 2.89. The Hall–Kier alpha value is -0.230. The summed E-state index contributed by atoms with van der Waals surface area (Å²) in [6.07, 6.45) is 0. The van der Waals surface area contributed by atoms with Gasteiger partial charge in [-0.1, -0.05) is 33.6 Å². The van der Waals surface area contributed by atoms with E-state index in [0.717, 1.165) is 10.0 Å². The summed E-state index contributed by atoms with van der Waals surface area (Å²) in [7, 11) is 0. The van der Waals surface area contributed by atoms with Gasteiger partial charge in [-0.15, -0.1) is 11.8 Å². The summed E-state index contributed by atoms with van der Waals surface area (Å²) in [6, 6.07) is 5.13. The number of thioether (sulfide) groups is 1. The number of aliphatic carboxylic acids is 1. The largest absolute Gasteiger partial charge is 0.480 e. The number of hydrogen-bond donors (Lipinski definition) is 2. The van der Waals surface area contributed by atoms with Gasteiger partial charge < -0.3 is 5.11 Å². The maximum absolute atomic E-state index is 10.8. The summed E-state index contributed by atoms with van der Waals surface area (Å²) in [5.74, 6) is -0.255. The first-order valence-corrected chi connectivity index (χ1v) is 6.85. The molecule has 1 fully saturated rings. The molecule has 0 saturated carbocycles. The van der Waals surface area contributed by atoms with E-state index < -0.39 is 12.0 Å². The molecule has 1 aromatic carbocycles. The second kappa shape index (κ2) is 4.96. The molecule has 6 heteroatoms. The van der Waals surface area contributed by atoms with Crippen LogP contribution in [0.25, 0.3) is 0 Å². The van der Waals surface area contributed by atoms with Crippen LogP contribution in [-0.2, 0) is 4.79 Å². The topological polar surface area (TPSA) is 49.3 Å². The van der Waals surface area contributed by atoms with E-state index in [1.165, 1.54) is 0 Å². The molecular weight excluding hydrogens is 314 g/mol. The molecule has 1 aromatic rings. The van der Waals surface area contributed by atoms with Crippen molar-refractivity contribution in [1.29, 1.82) is 0 Å². The zero-order valence-corrected chi connectivity index (χ0v) is 11.3. The van der Waals surface area contributed by atoms with Crippen molar-refractivity contribution < 1.29 is 9.90 Å². The first-order valence-electron chi connectivity index (χ1n) is 4.63. The Bertz CT molecular complexity index is 429. The maximum atomic E-state index is 10.8. The molecule has 0 radical (unpaired) electrons. The fourth-order valence-electron chi connectivity index (χ4n) is 1.51. The van der Waals surface area contributed by atoms with Crippen molar-refractivity contribution in [3.63, 3.8) is 0 Å². The molecule has 3 nitrogen and oxygen atoms in total. The Morgan fingerprint density at radius 2 is 2.38 bits per heavy atom. The minimum Gasteiger partial charge on any atom is -0.480 e. The first kappa shape index (κ1) is 12.2. The van der Waals surface area contributed by atoms with Crippen molar-refractivity contribution in [3.8, 4) is 0 Å². The van der Waals surface area contributed by atoms with Crippen molar-refractivity contribution in [3.05, 3.63) is 33.3 Å². The van der Waals surface area contributed by atoms with E-state index in [2.05, 4.69) is 21.2 Å². The van der Waals surface area contributed by atoms with Crippen LogP contribution in [0.3, 0.4) is 0 Å². The second-order valence-corrected chi connectivity index (χ2v) is 5.90. The van der Waals surface area contributed by atoms with Crippen molar-refractivity contribution in [2.75, 3.05) is 5.75 Å². The van der Waals surface area contributed by atoms with Crippen LogP contribution in [0.5, 0.6) is 0 Å². The average Bonchev–Trinajstić information content (AvgIpc) is 2.66. The van der Waals surface area contributed by atoms with Crippen molar-refractivity contribution in [1.82, 2.24) is 5.32 Å². The Kier molecular flexibility index (Phi) is 3.79. The third kappa shape index (κ3) is 2.53. The van der Waals surface area contributed by atoms with Gasteiger partial charge in [-0.3, -0.25) is 10.1 Å². The fourth-order valence-corrected chi connectivity index (χ4v) is 3.62. The molecule has 0 bridgehead atoms. The molecule has 1 aliphatic heterocycles. The molecule has 86 valence electrons. The number of carbonyl (C=O) groups is 1. The maximum Gasteiger partial charge on any atom is 0.321 e. The van der Waals surface area contributed by atoms with Crippen LogP contribution in [0.1, 0.15) is 10.9 Å². The quantitative estimate of drug-likeness (QED) is 0.879. The van der Waals surface area contributed by atoms with E-state index in [9.17, 15) is 4.79 Å². The predicted molar refractivity (Wildman–Crippen MR) is 68.9 cm³/mol. The summed E-state index contributed by atoms with van der Waals surface area (Å²) >= 11 is 11.0. The number of benzene rings is 1. The summed E-state index contributed by atoms with van der Waals surface area (Å²) in [6.45, 7) is 0. The molecule has 0 aromatic heterocycles. The van der Waals surface area contributed by atoms with Crippen LogP contribution in [0.4, 0.5) is 0 Å². The zero-order valence-electron chi connectivity index (χ0n) is 8.11. The van der Waals surface area contributed by atoms with Crippen LogP contribution in [0.15, 0.2) is 22.7 Å². The van der Waals surface area contributed by atoms with E-state index in [1.807, 2.05) is 18.2 Å². The van der Waals surface area contributed by atoms with E-state index in [4.69, 9.17) is 16.7 Å². The smallest absolute Gasteiger partial charge is 0.321 e.